The van der Waals surface area contributed by atoms with Crippen molar-refractivity contribution in [2.24, 2.45) is 5.73 Å². The van der Waals surface area contributed by atoms with Gasteiger partial charge in [0.25, 0.3) is 6.43 Å². The third kappa shape index (κ3) is 5.10. The third-order valence-corrected chi connectivity index (χ3v) is 2.15. The number of nitriles is 1. The molecule has 0 bridgehead atoms. The van der Waals surface area contributed by atoms with Crippen LogP contribution in [0.3, 0.4) is 0 Å². The lowest BCUT2D eigenvalue weighted by Gasteiger charge is -2.28. The number of hydrogen-bond donors (Lipinski definition) is 1. The van der Waals surface area contributed by atoms with Gasteiger partial charge in [0.15, 0.2) is 0 Å². The van der Waals surface area contributed by atoms with E-state index in [1.54, 1.807) is 20.9 Å². The molecule has 0 spiro atoms. The van der Waals surface area contributed by atoms with Crippen LogP contribution in [0.4, 0.5) is 8.78 Å². The van der Waals surface area contributed by atoms with E-state index in [-0.39, 0.29) is 12.6 Å². The fourth-order valence-electron chi connectivity index (χ4n) is 1.21. The normalized spacial score (nSPS) is 17.9. The molecule has 2 atom stereocenters. The van der Waals surface area contributed by atoms with Crippen LogP contribution in [-0.2, 0) is 0 Å². The van der Waals surface area contributed by atoms with E-state index < -0.39 is 12.0 Å². The molecule has 5 heteroatoms. The van der Waals surface area contributed by atoms with Crippen molar-refractivity contribution in [2.75, 3.05) is 13.6 Å². The van der Waals surface area contributed by atoms with Gasteiger partial charge in [0, 0.05) is 6.04 Å². The average Bonchev–Trinajstić information content (AvgIpc) is 2.02. The first-order chi connectivity index (χ1) is 6.28. The molecule has 0 aromatic rings. The predicted molar refractivity (Wildman–Crippen MR) is 50.9 cm³/mol. The summed E-state index contributed by atoms with van der Waals surface area (Å²) in [6.45, 7) is 3.09. The summed E-state index contributed by atoms with van der Waals surface area (Å²) in [5.41, 5.74) is 4.66. The van der Waals surface area contributed by atoms with Crippen LogP contribution in [0.2, 0.25) is 0 Å². The van der Waals surface area contributed by atoms with Crippen LogP contribution in [0.15, 0.2) is 0 Å². The molecular weight excluding hydrogens is 188 g/mol. The fourth-order valence-corrected chi connectivity index (χ4v) is 1.21. The lowest BCUT2D eigenvalue weighted by molar-refractivity contribution is 0.0793. The van der Waals surface area contributed by atoms with Crippen molar-refractivity contribution in [1.82, 2.24) is 4.90 Å². The van der Waals surface area contributed by atoms with Crippen molar-refractivity contribution in [1.29, 1.82) is 5.26 Å². The van der Waals surface area contributed by atoms with Crippen LogP contribution < -0.4 is 5.73 Å². The van der Waals surface area contributed by atoms with Gasteiger partial charge in [0.1, 0.15) is 5.54 Å². The van der Waals surface area contributed by atoms with Crippen molar-refractivity contribution in [3.63, 3.8) is 0 Å². The molecule has 0 aliphatic rings. The molecule has 0 aromatic heterocycles. The maximum atomic E-state index is 12.0. The maximum Gasteiger partial charge on any atom is 0.251 e. The highest BCUT2D eigenvalue weighted by Crippen LogP contribution is 2.12. The summed E-state index contributed by atoms with van der Waals surface area (Å²) >= 11 is 0. The Labute approximate surface area is 83.5 Å². The third-order valence-electron chi connectivity index (χ3n) is 2.15. The number of alkyl halides is 2. The van der Waals surface area contributed by atoms with E-state index in [2.05, 4.69) is 0 Å². The lowest BCUT2D eigenvalue weighted by atomic mass is 9.96. The summed E-state index contributed by atoms with van der Waals surface area (Å²) in [6.07, 6.45) is -1.97. The second kappa shape index (κ2) is 5.23. The molecule has 0 amide bonds. The van der Waals surface area contributed by atoms with Gasteiger partial charge < -0.3 is 5.73 Å². The smallest absolute Gasteiger partial charge is 0.251 e. The number of nitrogens with zero attached hydrogens (tertiary/aromatic N) is 2. The highest BCUT2D eigenvalue weighted by Gasteiger charge is 2.24. The minimum absolute atomic E-state index is 0.126. The van der Waals surface area contributed by atoms with Gasteiger partial charge in [0.2, 0.25) is 0 Å². The zero-order valence-corrected chi connectivity index (χ0v) is 8.80. The molecule has 0 radical (unpaired) electrons. The van der Waals surface area contributed by atoms with Crippen LogP contribution >= 0.6 is 0 Å². The Kier molecular flexibility index (Phi) is 4.95. The van der Waals surface area contributed by atoms with E-state index in [4.69, 9.17) is 11.0 Å². The van der Waals surface area contributed by atoms with Crippen molar-refractivity contribution in [3.05, 3.63) is 0 Å². The molecule has 14 heavy (non-hydrogen) atoms. The molecule has 0 saturated carbocycles. The van der Waals surface area contributed by atoms with Gasteiger partial charge in [-0.25, -0.2) is 8.78 Å². The van der Waals surface area contributed by atoms with Gasteiger partial charge in [-0.15, -0.1) is 0 Å². The molecule has 0 rings (SSSR count). The quantitative estimate of drug-likeness (QED) is 0.733. The van der Waals surface area contributed by atoms with E-state index in [1.807, 2.05) is 6.07 Å². The molecule has 0 aliphatic heterocycles. The second-order valence-electron chi connectivity index (χ2n) is 3.91. The van der Waals surface area contributed by atoms with Crippen LogP contribution in [0, 0.1) is 11.3 Å². The number of halogens is 2. The summed E-state index contributed by atoms with van der Waals surface area (Å²) < 4.78 is 24.0. The lowest BCUT2D eigenvalue weighted by Crippen LogP contribution is -2.43. The molecule has 3 nitrogen and oxygen atoms in total. The summed E-state index contributed by atoms with van der Waals surface area (Å²) in [6, 6.07) is 1.82. The van der Waals surface area contributed by atoms with Gasteiger partial charge in [-0.2, -0.15) is 5.26 Å². The molecule has 2 N–H and O–H groups in total. The minimum Gasteiger partial charge on any atom is -0.314 e. The first kappa shape index (κ1) is 13.3. The highest BCUT2D eigenvalue weighted by atomic mass is 19.3. The average molecular weight is 205 g/mol. The van der Waals surface area contributed by atoms with E-state index >= 15 is 0 Å². The van der Waals surface area contributed by atoms with Crippen molar-refractivity contribution in [3.8, 4) is 6.07 Å². The first-order valence-electron chi connectivity index (χ1n) is 4.47. The first-order valence-corrected chi connectivity index (χ1v) is 4.47. The Morgan fingerprint density at radius 2 is 2.07 bits per heavy atom. The largest absolute Gasteiger partial charge is 0.314 e. The number of nitrogens with two attached hydrogens (primary N) is 1. The molecule has 0 aliphatic carbocycles. The van der Waals surface area contributed by atoms with Gasteiger partial charge in [-0.1, -0.05) is 0 Å². The molecule has 82 valence electrons. The maximum absolute atomic E-state index is 12.0. The van der Waals surface area contributed by atoms with Crippen molar-refractivity contribution in [2.45, 2.75) is 38.3 Å². The standard InChI is InChI=1S/C9H17F2N3/c1-7(4-9(2,13)6-12)14(3)5-8(10)11/h7-8H,4-5,13H2,1-3H3. The van der Waals surface area contributed by atoms with E-state index in [0.29, 0.717) is 6.42 Å². The van der Waals surface area contributed by atoms with Crippen LogP contribution in [0.5, 0.6) is 0 Å². The van der Waals surface area contributed by atoms with Crippen LogP contribution in [-0.4, -0.2) is 36.5 Å². The molecule has 0 saturated heterocycles. The molecule has 0 aromatic carbocycles. The van der Waals surface area contributed by atoms with Crippen molar-refractivity contribution >= 4 is 0 Å². The van der Waals surface area contributed by atoms with E-state index in [0.717, 1.165) is 0 Å². The van der Waals surface area contributed by atoms with Crippen LogP contribution in [0.25, 0.3) is 0 Å². The Morgan fingerprint density at radius 3 is 2.43 bits per heavy atom. The summed E-state index contributed by atoms with van der Waals surface area (Å²) in [5, 5.41) is 8.66. The fraction of sp³-hybridized carbons (Fsp3) is 0.889. The van der Waals surface area contributed by atoms with Crippen molar-refractivity contribution < 1.29 is 8.78 Å². The minimum atomic E-state index is -2.35. The number of rotatable bonds is 5. The van der Waals surface area contributed by atoms with E-state index in [9.17, 15) is 8.78 Å². The topological polar surface area (TPSA) is 53.1 Å². The Morgan fingerprint density at radius 1 is 1.57 bits per heavy atom. The molecule has 2 unspecified atom stereocenters. The van der Waals surface area contributed by atoms with Gasteiger partial charge in [0.05, 0.1) is 12.6 Å². The SMILES string of the molecule is CC(CC(C)(N)C#N)N(C)CC(F)F. The predicted octanol–water partition coefficient (Wildman–Crippen LogP) is 1.20. The van der Waals surface area contributed by atoms with Gasteiger partial charge in [-0.05, 0) is 27.3 Å². The summed E-state index contributed by atoms with van der Waals surface area (Å²) in [7, 11) is 1.60. The Hall–Kier alpha value is -0.730. The van der Waals surface area contributed by atoms with E-state index in [1.165, 1.54) is 4.90 Å². The highest BCUT2D eigenvalue weighted by molar-refractivity contribution is 5.02. The Bertz CT molecular complexity index is 211. The zero-order valence-electron chi connectivity index (χ0n) is 8.80. The van der Waals surface area contributed by atoms with Crippen LogP contribution in [0.1, 0.15) is 20.3 Å². The van der Waals surface area contributed by atoms with Gasteiger partial charge >= 0.3 is 0 Å². The zero-order chi connectivity index (χ0) is 11.4. The monoisotopic (exact) mass is 205 g/mol. The second-order valence-corrected chi connectivity index (χ2v) is 3.91. The number of hydrogen-bond acceptors (Lipinski definition) is 3. The Balaban J connectivity index is 4.09. The molecule has 0 heterocycles. The van der Waals surface area contributed by atoms with Gasteiger partial charge in [-0.3, -0.25) is 4.90 Å². The molecular formula is C9H17F2N3. The summed E-state index contributed by atoms with van der Waals surface area (Å²) in [4.78, 5) is 1.51. The summed E-state index contributed by atoms with van der Waals surface area (Å²) in [5.74, 6) is 0. The molecule has 0 fully saturated rings.